The van der Waals surface area contributed by atoms with Crippen molar-refractivity contribution in [2.75, 3.05) is 14.2 Å². The highest BCUT2D eigenvalue weighted by Crippen LogP contribution is 2.33. The standard InChI is InChI=1S/C18H17NO5.C2H6/c1-23-12-8-7-11(15(9-12)24-2)10-19-17(21)13-5-3-4-6-14(20)16(13)18(19)22;1-2/h3-4,6-9,20H,5,10H2,1-2H3;1-2H3. The molecule has 138 valence electrons. The van der Waals surface area contributed by atoms with Gasteiger partial charge < -0.3 is 14.6 Å². The first-order chi connectivity index (χ1) is 12.6. The van der Waals surface area contributed by atoms with E-state index in [0.717, 1.165) is 4.90 Å². The number of rotatable bonds is 4. The van der Waals surface area contributed by atoms with Crippen LogP contribution in [-0.2, 0) is 16.1 Å². The molecule has 2 amide bonds. The van der Waals surface area contributed by atoms with Gasteiger partial charge in [0.05, 0.1) is 26.3 Å². The number of hydrogen-bond donors (Lipinski definition) is 1. The monoisotopic (exact) mass is 357 g/mol. The molecule has 0 unspecified atom stereocenters. The molecule has 0 saturated carbocycles. The van der Waals surface area contributed by atoms with E-state index in [0.29, 0.717) is 29.1 Å². The molecule has 0 aromatic heterocycles. The van der Waals surface area contributed by atoms with Crippen LogP contribution >= 0.6 is 0 Å². The van der Waals surface area contributed by atoms with Crippen LogP contribution in [0.5, 0.6) is 11.5 Å². The molecule has 1 aliphatic carbocycles. The first-order valence-electron chi connectivity index (χ1n) is 8.43. The van der Waals surface area contributed by atoms with Crippen molar-refractivity contribution in [3.05, 3.63) is 58.9 Å². The van der Waals surface area contributed by atoms with Crippen molar-refractivity contribution in [3.63, 3.8) is 0 Å². The normalized spacial score (nSPS) is 15.8. The third kappa shape index (κ3) is 3.49. The maximum atomic E-state index is 12.6. The Bertz CT molecular complexity index is 804. The molecule has 6 nitrogen and oxygen atoms in total. The van der Waals surface area contributed by atoms with Gasteiger partial charge in [0.25, 0.3) is 11.8 Å². The van der Waals surface area contributed by atoms with Crippen LogP contribution in [0.1, 0.15) is 25.8 Å². The number of amides is 2. The summed E-state index contributed by atoms with van der Waals surface area (Å²) in [7, 11) is 3.06. The Hall–Kier alpha value is -3.02. The van der Waals surface area contributed by atoms with E-state index in [4.69, 9.17) is 9.47 Å². The molecule has 1 aliphatic heterocycles. The molecule has 26 heavy (non-hydrogen) atoms. The van der Waals surface area contributed by atoms with Gasteiger partial charge in [0.2, 0.25) is 0 Å². The summed E-state index contributed by atoms with van der Waals surface area (Å²) in [6.07, 6.45) is 5.11. The van der Waals surface area contributed by atoms with E-state index in [1.807, 2.05) is 13.8 Å². The van der Waals surface area contributed by atoms with Gasteiger partial charge in [0.15, 0.2) is 0 Å². The van der Waals surface area contributed by atoms with Crippen molar-refractivity contribution in [1.29, 1.82) is 0 Å². The van der Waals surface area contributed by atoms with Gasteiger partial charge in [-0.05, 0) is 24.6 Å². The molecule has 0 saturated heterocycles. The largest absolute Gasteiger partial charge is 0.507 e. The maximum Gasteiger partial charge on any atom is 0.265 e. The van der Waals surface area contributed by atoms with Gasteiger partial charge in [0.1, 0.15) is 17.3 Å². The zero-order chi connectivity index (χ0) is 19.3. The predicted octanol–water partition coefficient (Wildman–Crippen LogP) is 3.30. The summed E-state index contributed by atoms with van der Waals surface area (Å²) in [4.78, 5) is 26.3. The molecule has 0 radical (unpaired) electrons. The van der Waals surface area contributed by atoms with Gasteiger partial charge in [-0.2, -0.15) is 0 Å². The van der Waals surface area contributed by atoms with Gasteiger partial charge in [0, 0.05) is 17.2 Å². The van der Waals surface area contributed by atoms with Crippen molar-refractivity contribution in [3.8, 4) is 11.5 Å². The first-order valence-corrected chi connectivity index (χ1v) is 8.43. The highest BCUT2D eigenvalue weighted by Gasteiger charge is 2.39. The van der Waals surface area contributed by atoms with Crippen LogP contribution in [-0.4, -0.2) is 36.0 Å². The minimum Gasteiger partial charge on any atom is -0.507 e. The number of hydrogen-bond acceptors (Lipinski definition) is 5. The smallest absolute Gasteiger partial charge is 0.265 e. The Morgan fingerprint density at radius 1 is 1.12 bits per heavy atom. The van der Waals surface area contributed by atoms with Crippen LogP contribution in [0.2, 0.25) is 0 Å². The van der Waals surface area contributed by atoms with Crippen LogP contribution in [0.15, 0.2) is 53.3 Å². The second kappa shape index (κ2) is 8.38. The third-order valence-corrected chi connectivity index (χ3v) is 4.06. The van der Waals surface area contributed by atoms with E-state index < -0.39 is 5.91 Å². The number of nitrogens with zero attached hydrogens (tertiary/aromatic N) is 1. The second-order valence-corrected chi connectivity index (χ2v) is 5.41. The average molecular weight is 357 g/mol. The Kier molecular flexibility index (Phi) is 6.22. The summed E-state index contributed by atoms with van der Waals surface area (Å²) in [6, 6.07) is 5.18. The summed E-state index contributed by atoms with van der Waals surface area (Å²) in [6.45, 7) is 4.06. The van der Waals surface area contributed by atoms with Gasteiger partial charge in [-0.3, -0.25) is 14.5 Å². The van der Waals surface area contributed by atoms with Crippen molar-refractivity contribution in [2.45, 2.75) is 26.8 Å². The molecule has 3 rings (SSSR count). The molecule has 1 aromatic rings. The molecule has 1 aromatic carbocycles. The van der Waals surface area contributed by atoms with E-state index in [-0.39, 0.29) is 23.8 Å². The molecular formula is C20H23NO5. The lowest BCUT2D eigenvalue weighted by Gasteiger charge is -2.18. The Morgan fingerprint density at radius 2 is 1.85 bits per heavy atom. The average Bonchev–Trinajstić information content (AvgIpc) is 2.80. The fourth-order valence-corrected chi connectivity index (χ4v) is 2.80. The first kappa shape index (κ1) is 19.3. The number of ether oxygens (including phenoxy) is 2. The Balaban J connectivity index is 0.00000117. The lowest BCUT2D eigenvalue weighted by atomic mass is 10.1. The van der Waals surface area contributed by atoms with Gasteiger partial charge in [-0.1, -0.05) is 26.0 Å². The molecule has 2 aliphatic rings. The van der Waals surface area contributed by atoms with E-state index in [2.05, 4.69) is 0 Å². The fourth-order valence-electron chi connectivity index (χ4n) is 2.80. The van der Waals surface area contributed by atoms with Crippen molar-refractivity contribution >= 4 is 11.8 Å². The molecule has 1 heterocycles. The van der Waals surface area contributed by atoms with Crippen LogP contribution in [0, 0.1) is 0 Å². The minimum atomic E-state index is -0.495. The predicted molar refractivity (Wildman–Crippen MR) is 97.9 cm³/mol. The number of imide groups is 1. The molecule has 1 N–H and O–H groups in total. The lowest BCUT2D eigenvalue weighted by molar-refractivity contribution is -0.138. The fraction of sp³-hybridized carbons (Fsp3) is 0.300. The topological polar surface area (TPSA) is 76.1 Å². The van der Waals surface area contributed by atoms with Crippen LogP contribution in [0.25, 0.3) is 0 Å². The number of aliphatic hydroxyl groups excluding tert-OH is 1. The van der Waals surface area contributed by atoms with E-state index in [9.17, 15) is 14.7 Å². The summed E-state index contributed by atoms with van der Waals surface area (Å²) < 4.78 is 10.5. The zero-order valence-electron chi connectivity index (χ0n) is 15.4. The number of carbonyl (C=O) groups is 2. The summed E-state index contributed by atoms with van der Waals surface area (Å²) >= 11 is 0. The number of aliphatic hydroxyl groups is 1. The van der Waals surface area contributed by atoms with Crippen LogP contribution < -0.4 is 9.47 Å². The molecule has 0 atom stereocenters. The van der Waals surface area contributed by atoms with Crippen LogP contribution in [0.3, 0.4) is 0 Å². The molecular weight excluding hydrogens is 334 g/mol. The van der Waals surface area contributed by atoms with Crippen molar-refractivity contribution in [1.82, 2.24) is 4.90 Å². The zero-order valence-corrected chi connectivity index (χ0v) is 15.4. The van der Waals surface area contributed by atoms with Gasteiger partial charge >= 0.3 is 0 Å². The van der Waals surface area contributed by atoms with Crippen LogP contribution in [0.4, 0.5) is 0 Å². The molecule has 6 heteroatoms. The summed E-state index contributed by atoms with van der Waals surface area (Å²) in [5, 5.41) is 10.0. The number of carbonyl (C=O) groups excluding carboxylic acids is 2. The minimum absolute atomic E-state index is 0.0643. The van der Waals surface area contributed by atoms with E-state index in [1.54, 1.807) is 37.5 Å². The molecule has 0 spiro atoms. The number of benzene rings is 1. The summed E-state index contributed by atoms with van der Waals surface area (Å²) in [5.74, 6) is 0.0805. The quantitative estimate of drug-likeness (QED) is 0.837. The lowest BCUT2D eigenvalue weighted by Crippen LogP contribution is -2.31. The van der Waals surface area contributed by atoms with Crippen molar-refractivity contribution in [2.24, 2.45) is 0 Å². The Morgan fingerprint density at radius 3 is 2.50 bits per heavy atom. The Labute approximate surface area is 153 Å². The third-order valence-electron chi connectivity index (χ3n) is 4.06. The SMILES string of the molecule is CC.COc1ccc(CN2C(=O)C3=C(C2=O)C(O)=CC=CC3)c(OC)c1. The second-order valence-electron chi connectivity index (χ2n) is 5.41. The maximum absolute atomic E-state index is 12.6. The van der Waals surface area contributed by atoms with Crippen molar-refractivity contribution < 1.29 is 24.2 Å². The highest BCUT2D eigenvalue weighted by molar-refractivity contribution is 6.21. The molecule has 0 bridgehead atoms. The highest BCUT2D eigenvalue weighted by atomic mass is 16.5. The molecule has 0 fully saturated rings. The number of allylic oxidation sites excluding steroid dienone is 3. The van der Waals surface area contributed by atoms with E-state index >= 15 is 0 Å². The van der Waals surface area contributed by atoms with Gasteiger partial charge in [-0.25, -0.2) is 0 Å². The summed E-state index contributed by atoms with van der Waals surface area (Å²) in [5.41, 5.74) is 1.07. The van der Waals surface area contributed by atoms with E-state index in [1.165, 1.54) is 13.2 Å². The number of methoxy groups -OCH3 is 2. The van der Waals surface area contributed by atoms with Gasteiger partial charge in [-0.15, -0.1) is 0 Å².